The van der Waals surface area contributed by atoms with Crippen molar-refractivity contribution in [2.45, 2.75) is 84.0 Å². The summed E-state index contributed by atoms with van der Waals surface area (Å²) < 4.78 is 0. The lowest BCUT2D eigenvalue weighted by Crippen LogP contribution is -2.25. The van der Waals surface area contributed by atoms with Crippen LogP contribution in [0.5, 0.6) is 0 Å². The van der Waals surface area contributed by atoms with Crippen molar-refractivity contribution in [3.8, 4) is 0 Å². The van der Waals surface area contributed by atoms with Crippen LogP contribution in [0.1, 0.15) is 84.0 Å². The Morgan fingerprint density at radius 1 is 0.800 bits per heavy atom. The molecule has 20 heavy (non-hydrogen) atoms. The van der Waals surface area contributed by atoms with Gasteiger partial charge < -0.3 is 16.0 Å². The monoisotopic (exact) mass is 285 g/mol. The lowest BCUT2D eigenvalue weighted by atomic mass is 10.1. The van der Waals surface area contributed by atoms with Gasteiger partial charge in [0.05, 0.1) is 0 Å². The average molecular weight is 285 g/mol. The Bertz CT molecular complexity index is 211. The van der Waals surface area contributed by atoms with E-state index in [1.165, 1.54) is 51.4 Å². The van der Waals surface area contributed by atoms with Crippen LogP contribution in [-0.4, -0.2) is 19.0 Å². The second kappa shape index (κ2) is 16.4. The molecule has 2 N–H and O–H groups in total. The third kappa shape index (κ3) is 15.4. The van der Waals surface area contributed by atoms with Crippen LogP contribution in [0, 0.1) is 5.21 Å². The van der Waals surface area contributed by atoms with Crippen molar-refractivity contribution in [3.05, 3.63) is 5.21 Å². The van der Waals surface area contributed by atoms with Crippen molar-refractivity contribution in [1.29, 1.82) is 0 Å². The lowest BCUT2D eigenvalue weighted by molar-refractivity contribution is -0.121. The number of hydrogen-bond acceptors (Lipinski definition) is 3. The molecular weight excluding hydrogens is 252 g/mol. The predicted octanol–water partition coefficient (Wildman–Crippen LogP) is 3.89. The molecule has 0 aliphatic carbocycles. The summed E-state index contributed by atoms with van der Waals surface area (Å²) in [6, 6.07) is 0. The van der Waals surface area contributed by atoms with Gasteiger partial charge in [-0.05, 0) is 19.4 Å². The Morgan fingerprint density at radius 3 is 1.90 bits per heavy atom. The molecule has 4 nitrogen and oxygen atoms in total. The van der Waals surface area contributed by atoms with Crippen LogP contribution in [-0.2, 0) is 4.79 Å². The molecule has 0 aliphatic heterocycles. The van der Waals surface area contributed by atoms with Gasteiger partial charge in [0.2, 0.25) is 5.91 Å². The number of hydroxylamine groups is 1. The first-order chi connectivity index (χ1) is 9.81. The topological polar surface area (TPSA) is 64.2 Å². The van der Waals surface area contributed by atoms with Crippen LogP contribution >= 0.6 is 0 Å². The number of hydrogen-bond donors (Lipinski definition) is 2. The Morgan fingerprint density at radius 2 is 1.35 bits per heavy atom. The average Bonchev–Trinajstić information content (AvgIpc) is 2.45. The van der Waals surface area contributed by atoms with Crippen LogP contribution < -0.4 is 10.8 Å². The highest BCUT2D eigenvalue weighted by molar-refractivity contribution is 5.75. The summed E-state index contributed by atoms with van der Waals surface area (Å²) in [7, 11) is 0. The minimum Gasteiger partial charge on any atom is -0.788 e. The fourth-order valence-corrected chi connectivity index (χ4v) is 2.25. The lowest BCUT2D eigenvalue weighted by Gasteiger charge is -2.08. The number of carbonyl (C=O) groups excluding carboxylic acids is 1. The predicted molar refractivity (Wildman–Crippen MR) is 85.5 cm³/mol. The van der Waals surface area contributed by atoms with E-state index in [9.17, 15) is 10.0 Å². The van der Waals surface area contributed by atoms with Crippen LogP contribution in [0.4, 0.5) is 0 Å². The first kappa shape index (κ1) is 19.4. The molecule has 0 unspecified atom stereocenters. The maximum Gasteiger partial charge on any atom is 0.219 e. The number of nitrogens with one attached hydrogen (secondary N) is 2. The third-order valence-corrected chi connectivity index (χ3v) is 3.54. The maximum absolute atomic E-state index is 11.4. The van der Waals surface area contributed by atoms with E-state index >= 15 is 0 Å². The van der Waals surface area contributed by atoms with Crippen LogP contribution in [0.25, 0.3) is 0 Å². The van der Waals surface area contributed by atoms with Gasteiger partial charge in [-0.15, -0.1) is 0 Å². The Balaban J connectivity index is 3.09. The van der Waals surface area contributed by atoms with E-state index < -0.39 is 0 Å². The van der Waals surface area contributed by atoms with Crippen molar-refractivity contribution < 1.29 is 4.79 Å². The van der Waals surface area contributed by atoms with Gasteiger partial charge in [0.1, 0.15) is 0 Å². The van der Waals surface area contributed by atoms with Gasteiger partial charge in [-0.1, -0.05) is 64.7 Å². The molecular formula is C16H33N2O2-. The number of unbranched alkanes of at least 4 members (excludes halogenated alkanes) is 9. The van der Waals surface area contributed by atoms with Crippen LogP contribution in [0.3, 0.4) is 0 Å². The largest absolute Gasteiger partial charge is 0.788 e. The van der Waals surface area contributed by atoms with Gasteiger partial charge in [0, 0.05) is 13.0 Å². The van der Waals surface area contributed by atoms with Gasteiger partial charge in [0.15, 0.2) is 0 Å². The molecule has 1 amide bonds. The molecule has 0 fully saturated rings. The van der Waals surface area contributed by atoms with E-state index in [2.05, 4.69) is 12.2 Å². The molecule has 0 radical (unpaired) electrons. The smallest absolute Gasteiger partial charge is 0.219 e. The zero-order valence-electron chi connectivity index (χ0n) is 13.2. The van der Waals surface area contributed by atoms with E-state index in [4.69, 9.17) is 0 Å². The summed E-state index contributed by atoms with van der Waals surface area (Å²) in [6.45, 7) is 3.27. The second-order valence-corrected chi connectivity index (χ2v) is 5.53. The molecule has 0 aromatic carbocycles. The fourth-order valence-electron chi connectivity index (χ4n) is 2.25. The molecule has 0 saturated heterocycles. The highest BCUT2D eigenvalue weighted by Gasteiger charge is 1.99. The number of amides is 1. The second-order valence-electron chi connectivity index (χ2n) is 5.53. The van der Waals surface area contributed by atoms with E-state index in [0.29, 0.717) is 25.9 Å². The first-order valence-electron chi connectivity index (χ1n) is 8.43. The fraction of sp³-hybridized carbons (Fsp3) is 0.938. The van der Waals surface area contributed by atoms with Gasteiger partial charge in [-0.3, -0.25) is 4.79 Å². The Hall–Kier alpha value is -0.610. The summed E-state index contributed by atoms with van der Waals surface area (Å²) >= 11 is 0. The van der Waals surface area contributed by atoms with Crippen molar-refractivity contribution >= 4 is 5.91 Å². The van der Waals surface area contributed by atoms with Crippen molar-refractivity contribution in [2.24, 2.45) is 0 Å². The third-order valence-electron chi connectivity index (χ3n) is 3.54. The minimum absolute atomic E-state index is 0.121. The van der Waals surface area contributed by atoms with Crippen LogP contribution in [0.15, 0.2) is 0 Å². The first-order valence-corrected chi connectivity index (χ1v) is 8.43. The normalized spacial score (nSPS) is 10.7. The SMILES string of the molecule is CCCCCCCCCCCCC(=O)NCCCN[O-]. The molecule has 0 rings (SSSR count). The summed E-state index contributed by atoms with van der Waals surface area (Å²) in [5.41, 5.74) is 1.83. The van der Waals surface area contributed by atoms with Gasteiger partial charge in [-0.25, -0.2) is 0 Å². The molecule has 4 heteroatoms. The van der Waals surface area contributed by atoms with E-state index in [1.807, 2.05) is 5.48 Å². The summed E-state index contributed by atoms with van der Waals surface area (Å²) in [5, 5.41) is 12.8. The molecule has 0 saturated carbocycles. The van der Waals surface area contributed by atoms with E-state index in [-0.39, 0.29) is 5.91 Å². The molecule has 120 valence electrons. The maximum atomic E-state index is 11.4. The summed E-state index contributed by atoms with van der Waals surface area (Å²) in [6.07, 6.45) is 14.2. The van der Waals surface area contributed by atoms with E-state index in [0.717, 1.165) is 12.8 Å². The summed E-state index contributed by atoms with van der Waals surface area (Å²) in [4.78, 5) is 11.4. The zero-order chi connectivity index (χ0) is 14.9. The number of rotatable bonds is 15. The summed E-state index contributed by atoms with van der Waals surface area (Å²) in [5.74, 6) is 0.121. The highest BCUT2D eigenvalue weighted by Crippen LogP contribution is 2.11. The Kier molecular flexibility index (Phi) is 15.9. The molecule has 0 aromatic rings. The van der Waals surface area contributed by atoms with Crippen molar-refractivity contribution in [1.82, 2.24) is 10.8 Å². The minimum atomic E-state index is 0.121. The van der Waals surface area contributed by atoms with Gasteiger partial charge in [0.25, 0.3) is 0 Å². The quantitative estimate of drug-likeness (QED) is 0.354. The van der Waals surface area contributed by atoms with Crippen molar-refractivity contribution in [3.63, 3.8) is 0 Å². The van der Waals surface area contributed by atoms with Gasteiger partial charge >= 0.3 is 0 Å². The van der Waals surface area contributed by atoms with Crippen molar-refractivity contribution in [2.75, 3.05) is 13.1 Å². The Labute approximate surface area is 124 Å². The molecule has 0 aromatic heterocycles. The number of carbonyl (C=O) groups is 1. The molecule has 0 spiro atoms. The van der Waals surface area contributed by atoms with Gasteiger partial charge in [-0.2, -0.15) is 0 Å². The molecule has 0 aliphatic rings. The molecule has 0 atom stereocenters. The van der Waals surface area contributed by atoms with Crippen LogP contribution in [0.2, 0.25) is 0 Å². The molecule has 0 heterocycles. The highest BCUT2D eigenvalue weighted by atomic mass is 16.5. The van der Waals surface area contributed by atoms with E-state index in [1.54, 1.807) is 0 Å². The molecule has 0 bridgehead atoms. The zero-order valence-corrected chi connectivity index (χ0v) is 13.2. The standard InChI is InChI=1S/C16H33N2O2/c1-2-3-4-5-6-7-8-9-10-11-13-16(19)17-14-12-15-18-20/h18H,2-15H2,1H3,(H,17,19)/q-1.